The highest BCUT2D eigenvalue weighted by atomic mass is 79.9. The topological polar surface area (TPSA) is 63.2 Å². The number of fused-ring (bicyclic) bond motifs is 4. The third kappa shape index (κ3) is 4.91. The van der Waals surface area contributed by atoms with Gasteiger partial charge in [-0.1, -0.05) is 71.9 Å². The van der Waals surface area contributed by atoms with Crippen molar-refractivity contribution in [2.45, 2.75) is 59.3 Å². The third-order valence-corrected chi connectivity index (χ3v) is 12.3. The molecule has 42 heavy (non-hydrogen) atoms. The summed E-state index contributed by atoms with van der Waals surface area (Å²) in [6, 6.07) is 4.33. The molecule has 0 fully saturated rings. The fraction of sp³-hybridized carbons (Fsp3) is 0.375. The normalized spacial score (nSPS) is 16.5. The standard InChI is InChI=1S/C32H29Br2N3O2S3/c1-15(2)5-4-6-16(3)7-8-37-31(38)27-25(23-11-17-9-19(33)13-21(17)40-23)29-30(36-42-35-29)26(28(27)32(37)39)24-12-18-10-20(34)14-22(18)41-24/h11-16H,4-10H2,1-3H3. The van der Waals surface area contributed by atoms with E-state index in [1.165, 1.54) is 38.6 Å². The number of carbonyl (C=O) groups is 2. The van der Waals surface area contributed by atoms with Gasteiger partial charge in [-0.2, -0.15) is 8.75 Å². The van der Waals surface area contributed by atoms with Crippen LogP contribution in [0.25, 0.3) is 44.1 Å². The average molecular weight is 744 g/mol. The molecule has 7 rings (SSSR count). The molecule has 0 spiro atoms. The molecule has 1 unspecified atom stereocenters. The summed E-state index contributed by atoms with van der Waals surface area (Å²) in [6.45, 7) is 7.16. The van der Waals surface area contributed by atoms with Gasteiger partial charge in [-0.15, -0.1) is 22.7 Å². The molecule has 1 atom stereocenters. The smallest absolute Gasteiger partial charge is 0.262 e. The Morgan fingerprint density at radius 3 is 1.79 bits per heavy atom. The van der Waals surface area contributed by atoms with Gasteiger partial charge in [0.1, 0.15) is 11.0 Å². The molecule has 1 aliphatic heterocycles. The van der Waals surface area contributed by atoms with Gasteiger partial charge in [0, 0.05) is 59.0 Å². The number of benzene rings is 1. The minimum Gasteiger partial charge on any atom is -0.274 e. The molecule has 0 saturated heterocycles. The Morgan fingerprint density at radius 2 is 1.31 bits per heavy atom. The number of aromatic nitrogens is 2. The summed E-state index contributed by atoms with van der Waals surface area (Å²) in [7, 11) is 0. The van der Waals surface area contributed by atoms with Crippen LogP contribution in [0.2, 0.25) is 0 Å². The molecule has 3 aliphatic rings. The maximum Gasteiger partial charge on any atom is 0.262 e. The molecular formula is C32H29Br2N3O2S3. The Balaban J connectivity index is 1.34. The van der Waals surface area contributed by atoms with Crippen LogP contribution in [-0.4, -0.2) is 32.0 Å². The van der Waals surface area contributed by atoms with E-state index >= 15 is 0 Å². The third-order valence-electron chi connectivity index (χ3n) is 8.42. The van der Waals surface area contributed by atoms with E-state index in [0.717, 1.165) is 67.3 Å². The molecular weight excluding hydrogens is 714 g/mol. The number of rotatable bonds is 9. The van der Waals surface area contributed by atoms with Gasteiger partial charge in [-0.3, -0.25) is 14.5 Å². The Labute approximate surface area is 274 Å². The second-order valence-corrected chi connectivity index (χ2v) is 16.7. The summed E-state index contributed by atoms with van der Waals surface area (Å²) < 4.78 is 11.8. The average Bonchev–Trinajstić information content (AvgIpc) is 3.75. The highest BCUT2D eigenvalue weighted by Crippen LogP contribution is 2.50. The van der Waals surface area contributed by atoms with Gasteiger partial charge in [0.25, 0.3) is 11.8 Å². The second-order valence-electron chi connectivity index (χ2n) is 12.0. The Hall–Kier alpha value is -1.98. The minimum atomic E-state index is -0.201. The molecule has 1 aromatic carbocycles. The molecule has 2 amide bonds. The van der Waals surface area contributed by atoms with Crippen LogP contribution in [0.4, 0.5) is 0 Å². The first-order valence-corrected chi connectivity index (χ1v) is 18.3. The van der Waals surface area contributed by atoms with Gasteiger partial charge >= 0.3 is 0 Å². The fourth-order valence-electron chi connectivity index (χ4n) is 6.25. The quantitative estimate of drug-likeness (QED) is 0.160. The van der Waals surface area contributed by atoms with Crippen molar-refractivity contribution in [1.82, 2.24) is 13.6 Å². The first-order chi connectivity index (χ1) is 20.2. The van der Waals surface area contributed by atoms with Crippen molar-refractivity contribution in [2.75, 3.05) is 6.54 Å². The van der Waals surface area contributed by atoms with Gasteiger partial charge in [0.15, 0.2) is 0 Å². The highest BCUT2D eigenvalue weighted by Gasteiger charge is 2.43. The first-order valence-electron chi connectivity index (χ1n) is 14.4. The van der Waals surface area contributed by atoms with Crippen molar-refractivity contribution in [2.24, 2.45) is 11.8 Å². The molecule has 4 aromatic rings. The monoisotopic (exact) mass is 741 g/mol. The minimum absolute atomic E-state index is 0.201. The van der Waals surface area contributed by atoms with E-state index < -0.39 is 0 Å². The van der Waals surface area contributed by atoms with E-state index in [2.05, 4.69) is 76.9 Å². The maximum absolute atomic E-state index is 14.3. The summed E-state index contributed by atoms with van der Waals surface area (Å²) in [5.74, 6) is 0.723. The number of allylic oxidation sites excluding steroid dienone is 2. The zero-order valence-corrected chi connectivity index (χ0v) is 29.2. The van der Waals surface area contributed by atoms with E-state index in [0.29, 0.717) is 40.5 Å². The van der Waals surface area contributed by atoms with Crippen LogP contribution in [0.3, 0.4) is 0 Å². The predicted octanol–water partition coefficient (Wildman–Crippen LogP) is 10.2. The molecule has 5 nitrogen and oxygen atoms in total. The van der Waals surface area contributed by atoms with Crippen molar-refractivity contribution >= 4 is 101 Å². The maximum atomic E-state index is 14.3. The largest absolute Gasteiger partial charge is 0.274 e. The van der Waals surface area contributed by atoms with Crippen molar-refractivity contribution in [3.05, 3.63) is 53.1 Å². The van der Waals surface area contributed by atoms with Crippen molar-refractivity contribution in [3.8, 4) is 20.9 Å². The van der Waals surface area contributed by atoms with Gasteiger partial charge in [-0.25, -0.2) is 0 Å². The van der Waals surface area contributed by atoms with Gasteiger partial charge in [0.2, 0.25) is 0 Å². The highest BCUT2D eigenvalue weighted by molar-refractivity contribution is 9.12. The van der Waals surface area contributed by atoms with E-state index in [4.69, 9.17) is 8.75 Å². The number of nitrogens with zero attached hydrogens (tertiary/aromatic N) is 3. The summed E-state index contributed by atoms with van der Waals surface area (Å²) in [6.07, 6.45) is 10.2. The number of amides is 2. The zero-order chi connectivity index (χ0) is 29.3. The number of hydrogen-bond donors (Lipinski definition) is 0. The van der Waals surface area contributed by atoms with Crippen LogP contribution in [0.1, 0.15) is 88.1 Å². The zero-order valence-electron chi connectivity index (χ0n) is 23.6. The number of halogens is 2. The lowest BCUT2D eigenvalue weighted by atomic mass is 9.93. The van der Waals surface area contributed by atoms with Crippen LogP contribution >= 0.6 is 66.3 Å². The van der Waals surface area contributed by atoms with Gasteiger partial charge in [-0.05, 0) is 53.7 Å². The molecule has 0 saturated carbocycles. The van der Waals surface area contributed by atoms with Gasteiger partial charge in [0.05, 0.1) is 22.9 Å². The molecule has 0 N–H and O–H groups in total. The van der Waals surface area contributed by atoms with Gasteiger partial charge < -0.3 is 0 Å². The van der Waals surface area contributed by atoms with E-state index in [1.807, 2.05) is 0 Å². The lowest BCUT2D eigenvalue weighted by molar-refractivity contribution is 0.0646. The number of hydrogen-bond acceptors (Lipinski definition) is 7. The lowest BCUT2D eigenvalue weighted by Crippen LogP contribution is -2.31. The lowest BCUT2D eigenvalue weighted by Gasteiger charge is -2.18. The Kier molecular flexibility index (Phi) is 7.66. The molecule has 216 valence electrons. The molecule has 4 heterocycles. The number of imide groups is 1. The van der Waals surface area contributed by atoms with Crippen LogP contribution in [0, 0.1) is 11.8 Å². The fourth-order valence-corrected chi connectivity index (χ4v) is 10.6. The van der Waals surface area contributed by atoms with Crippen molar-refractivity contribution < 1.29 is 9.59 Å². The van der Waals surface area contributed by atoms with Crippen LogP contribution in [0.5, 0.6) is 0 Å². The molecule has 3 aromatic heterocycles. The molecule has 2 aliphatic carbocycles. The van der Waals surface area contributed by atoms with E-state index in [-0.39, 0.29) is 11.8 Å². The first kappa shape index (κ1) is 28.8. The number of carbonyl (C=O) groups excluding carboxylic acids is 2. The summed E-state index contributed by atoms with van der Waals surface area (Å²) >= 11 is 11.7. The summed E-state index contributed by atoms with van der Waals surface area (Å²) in [4.78, 5) is 34.4. The SMILES string of the molecule is CC(C)CCCC(C)CCN1C(=O)c2c(c(-c3cc4c(s3)C=C(Br)C4)c3nsnc3c2-c2cc3c(s2)C=C(Br)C3)C1=O. The van der Waals surface area contributed by atoms with Crippen molar-refractivity contribution in [1.29, 1.82) is 0 Å². The molecule has 10 heteroatoms. The van der Waals surface area contributed by atoms with Crippen molar-refractivity contribution in [3.63, 3.8) is 0 Å². The summed E-state index contributed by atoms with van der Waals surface area (Å²) in [5.41, 5.74) is 6.41. The second kappa shape index (κ2) is 11.2. The Bertz CT molecular complexity index is 1730. The number of thiophene rings is 2. The molecule has 0 bridgehead atoms. The van der Waals surface area contributed by atoms with E-state index in [1.54, 1.807) is 22.7 Å². The Morgan fingerprint density at radius 1 is 0.786 bits per heavy atom. The van der Waals surface area contributed by atoms with Crippen LogP contribution in [-0.2, 0) is 12.8 Å². The van der Waals surface area contributed by atoms with Crippen LogP contribution < -0.4 is 0 Å². The predicted molar refractivity (Wildman–Crippen MR) is 183 cm³/mol. The van der Waals surface area contributed by atoms with Crippen LogP contribution in [0.15, 0.2) is 21.1 Å². The van der Waals surface area contributed by atoms with E-state index in [9.17, 15) is 9.59 Å². The molecule has 0 radical (unpaired) electrons. The summed E-state index contributed by atoms with van der Waals surface area (Å²) in [5, 5.41) is 0.